The van der Waals surface area contributed by atoms with Gasteiger partial charge in [0, 0.05) is 54.4 Å². The van der Waals surface area contributed by atoms with Gasteiger partial charge in [-0.2, -0.15) is 0 Å². The Morgan fingerprint density at radius 3 is 2.50 bits per heavy atom. The first-order valence-electron chi connectivity index (χ1n) is 12.7. The van der Waals surface area contributed by atoms with Gasteiger partial charge in [-0.1, -0.05) is 11.6 Å². The number of halogens is 3. The SMILES string of the molecule is O=C(/C=C/c1cc(F)cc(F)c1)N1CCC(C(O)CN2CCC3(CC2)CNc2ccc(Cl)cc23)CC1. The molecular formula is C28H32ClF2N3O2. The number of β-amino-alcohol motifs (C(OH)–C–C–N with tert-alkyl or cyclic N) is 1. The maximum atomic E-state index is 13.3. The Hall–Kier alpha value is -2.48. The van der Waals surface area contributed by atoms with Crippen molar-refractivity contribution >= 4 is 29.3 Å². The monoisotopic (exact) mass is 515 g/mol. The van der Waals surface area contributed by atoms with E-state index in [1.54, 1.807) is 4.90 Å². The summed E-state index contributed by atoms with van der Waals surface area (Å²) >= 11 is 6.27. The summed E-state index contributed by atoms with van der Waals surface area (Å²) in [6.45, 7) is 4.59. The molecular weight excluding hydrogens is 484 g/mol. The largest absolute Gasteiger partial charge is 0.392 e. The molecule has 0 radical (unpaired) electrons. The first kappa shape index (κ1) is 25.2. The highest BCUT2D eigenvalue weighted by molar-refractivity contribution is 6.30. The number of nitrogens with one attached hydrogen (secondary N) is 1. The normalized spacial score (nSPS) is 21.1. The Bertz CT molecular complexity index is 1120. The molecule has 1 unspecified atom stereocenters. The van der Waals surface area contributed by atoms with Crippen LogP contribution in [0.5, 0.6) is 0 Å². The van der Waals surface area contributed by atoms with Crippen LogP contribution in [0.4, 0.5) is 14.5 Å². The van der Waals surface area contributed by atoms with Gasteiger partial charge in [0.05, 0.1) is 6.10 Å². The summed E-state index contributed by atoms with van der Waals surface area (Å²) in [5.74, 6) is -1.37. The van der Waals surface area contributed by atoms with Crippen molar-refractivity contribution in [3.05, 3.63) is 70.3 Å². The van der Waals surface area contributed by atoms with E-state index in [-0.39, 0.29) is 17.2 Å². The third-order valence-electron chi connectivity index (χ3n) is 8.13. The van der Waals surface area contributed by atoms with E-state index in [2.05, 4.69) is 22.3 Å². The number of hydrogen-bond acceptors (Lipinski definition) is 4. The average Bonchev–Trinajstić information content (AvgIpc) is 3.20. The van der Waals surface area contributed by atoms with Crippen LogP contribution in [-0.2, 0) is 10.2 Å². The zero-order valence-corrected chi connectivity index (χ0v) is 21.0. The van der Waals surface area contributed by atoms with Crippen molar-refractivity contribution in [2.45, 2.75) is 37.2 Å². The van der Waals surface area contributed by atoms with E-state index in [1.165, 1.54) is 35.5 Å². The predicted molar refractivity (Wildman–Crippen MR) is 138 cm³/mol. The minimum atomic E-state index is -0.671. The topological polar surface area (TPSA) is 55.8 Å². The van der Waals surface area contributed by atoms with Crippen LogP contribution in [0.2, 0.25) is 5.02 Å². The summed E-state index contributed by atoms with van der Waals surface area (Å²) in [5, 5.41) is 15.3. The molecule has 3 heterocycles. The lowest BCUT2D eigenvalue weighted by molar-refractivity contribution is -0.128. The standard InChI is InChI=1S/C28H32ClF2N3O2/c29-21-2-3-25-24(15-21)28(18-32-25)7-11-33(12-8-28)17-26(35)20-5-9-34(10-6-20)27(36)4-1-19-13-22(30)16-23(31)14-19/h1-4,13-16,20,26,32,35H,5-12,17-18H2/b4-1+. The number of amides is 1. The molecule has 2 saturated heterocycles. The van der Waals surface area contributed by atoms with Gasteiger partial charge in [0.1, 0.15) is 11.6 Å². The van der Waals surface area contributed by atoms with Gasteiger partial charge in [-0.05, 0) is 92.2 Å². The van der Waals surface area contributed by atoms with Crippen molar-refractivity contribution in [3.63, 3.8) is 0 Å². The number of piperidine rings is 2. The highest BCUT2D eigenvalue weighted by Crippen LogP contribution is 2.45. The van der Waals surface area contributed by atoms with E-state index >= 15 is 0 Å². The number of aliphatic hydroxyl groups excluding tert-OH is 1. The molecule has 0 aromatic heterocycles. The molecule has 3 aliphatic heterocycles. The summed E-state index contributed by atoms with van der Waals surface area (Å²) in [7, 11) is 0. The number of carbonyl (C=O) groups excluding carboxylic acids is 1. The van der Waals surface area contributed by atoms with E-state index in [0.29, 0.717) is 25.2 Å². The highest BCUT2D eigenvalue weighted by atomic mass is 35.5. The summed E-state index contributed by atoms with van der Waals surface area (Å²) in [4.78, 5) is 16.6. The zero-order chi connectivity index (χ0) is 25.3. The number of anilines is 1. The summed E-state index contributed by atoms with van der Waals surface area (Å²) in [6, 6.07) is 9.28. The fourth-order valence-corrected chi connectivity index (χ4v) is 6.11. The van der Waals surface area contributed by atoms with Crippen LogP contribution in [0, 0.1) is 17.6 Å². The lowest BCUT2D eigenvalue weighted by Gasteiger charge is -2.41. The van der Waals surface area contributed by atoms with Gasteiger partial charge >= 0.3 is 0 Å². The third-order valence-corrected chi connectivity index (χ3v) is 8.36. The van der Waals surface area contributed by atoms with Gasteiger partial charge in [0.15, 0.2) is 0 Å². The third kappa shape index (κ3) is 5.43. The Morgan fingerprint density at radius 2 is 1.81 bits per heavy atom. The average molecular weight is 516 g/mol. The molecule has 0 saturated carbocycles. The van der Waals surface area contributed by atoms with Crippen LogP contribution >= 0.6 is 11.6 Å². The highest BCUT2D eigenvalue weighted by Gasteiger charge is 2.42. The Balaban J connectivity index is 1.08. The second-order valence-corrected chi connectivity index (χ2v) is 10.8. The molecule has 2 N–H and O–H groups in total. The zero-order valence-electron chi connectivity index (χ0n) is 20.2. The number of carbonyl (C=O) groups is 1. The maximum absolute atomic E-state index is 13.3. The van der Waals surface area contributed by atoms with Crippen LogP contribution in [0.25, 0.3) is 6.08 Å². The van der Waals surface area contributed by atoms with Crippen molar-refractivity contribution < 1.29 is 18.7 Å². The number of aliphatic hydroxyl groups is 1. The van der Waals surface area contributed by atoms with Crippen molar-refractivity contribution in [2.24, 2.45) is 5.92 Å². The fraction of sp³-hybridized carbons (Fsp3) is 0.464. The number of hydrogen-bond donors (Lipinski definition) is 2. The molecule has 36 heavy (non-hydrogen) atoms. The molecule has 5 rings (SSSR count). The molecule has 2 fully saturated rings. The van der Waals surface area contributed by atoms with Gasteiger partial charge in [-0.3, -0.25) is 4.79 Å². The van der Waals surface area contributed by atoms with Gasteiger partial charge in [0.2, 0.25) is 5.91 Å². The lowest BCUT2D eigenvalue weighted by Crippen LogP contribution is -2.48. The lowest BCUT2D eigenvalue weighted by atomic mass is 9.74. The number of fused-ring (bicyclic) bond motifs is 2. The fourth-order valence-electron chi connectivity index (χ4n) is 5.94. The van der Waals surface area contributed by atoms with Crippen molar-refractivity contribution in [1.29, 1.82) is 0 Å². The molecule has 0 aliphatic carbocycles. The second kappa shape index (κ2) is 10.5. The minimum Gasteiger partial charge on any atom is -0.392 e. The molecule has 1 atom stereocenters. The van der Waals surface area contributed by atoms with E-state index in [1.807, 2.05) is 6.07 Å². The molecule has 0 bridgehead atoms. The maximum Gasteiger partial charge on any atom is 0.246 e. The van der Waals surface area contributed by atoms with Crippen molar-refractivity contribution in [2.75, 3.05) is 44.6 Å². The van der Waals surface area contributed by atoms with E-state index in [9.17, 15) is 18.7 Å². The van der Waals surface area contributed by atoms with E-state index in [4.69, 9.17) is 11.6 Å². The van der Waals surface area contributed by atoms with E-state index in [0.717, 1.165) is 56.4 Å². The second-order valence-electron chi connectivity index (χ2n) is 10.4. The van der Waals surface area contributed by atoms with Gasteiger partial charge in [-0.15, -0.1) is 0 Å². The first-order chi connectivity index (χ1) is 17.3. The van der Waals surface area contributed by atoms with Gasteiger partial charge < -0.3 is 20.2 Å². The molecule has 1 spiro atoms. The molecule has 8 heteroatoms. The van der Waals surface area contributed by atoms with Crippen LogP contribution in [-0.4, -0.2) is 66.2 Å². The van der Waals surface area contributed by atoms with Crippen LogP contribution < -0.4 is 5.32 Å². The Kier molecular flexibility index (Phi) is 7.33. The molecule has 192 valence electrons. The summed E-state index contributed by atoms with van der Waals surface area (Å²) in [5.41, 5.74) is 2.95. The summed E-state index contributed by atoms with van der Waals surface area (Å²) in [6.07, 6.45) is 5.92. The van der Waals surface area contributed by atoms with Gasteiger partial charge in [-0.25, -0.2) is 8.78 Å². The number of nitrogens with zero attached hydrogens (tertiary/aromatic N) is 2. The number of likely N-dealkylation sites (tertiary alicyclic amines) is 2. The molecule has 5 nitrogen and oxygen atoms in total. The van der Waals surface area contributed by atoms with E-state index < -0.39 is 17.7 Å². The van der Waals surface area contributed by atoms with Gasteiger partial charge in [0.25, 0.3) is 0 Å². The van der Waals surface area contributed by atoms with Crippen LogP contribution in [0.15, 0.2) is 42.5 Å². The van der Waals surface area contributed by atoms with Crippen molar-refractivity contribution in [1.82, 2.24) is 9.80 Å². The molecule has 3 aliphatic rings. The minimum absolute atomic E-state index is 0.123. The van der Waals surface area contributed by atoms with Crippen LogP contribution in [0.3, 0.4) is 0 Å². The summed E-state index contributed by atoms with van der Waals surface area (Å²) < 4.78 is 26.7. The number of rotatable bonds is 5. The Labute approximate surface area is 215 Å². The quantitative estimate of drug-likeness (QED) is 0.567. The van der Waals surface area contributed by atoms with Crippen LogP contribution in [0.1, 0.15) is 36.8 Å². The number of benzene rings is 2. The molecule has 1 amide bonds. The predicted octanol–water partition coefficient (Wildman–Crippen LogP) is 4.69. The smallest absolute Gasteiger partial charge is 0.246 e. The molecule has 2 aromatic rings. The molecule has 2 aromatic carbocycles. The Morgan fingerprint density at radius 1 is 1.11 bits per heavy atom. The van der Waals surface area contributed by atoms with Crippen molar-refractivity contribution in [3.8, 4) is 0 Å². The first-order valence-corrected chi connectivity index (χ1v) is 13.1.